The average molecular weight is 420 g/mol. The van der Waals surface area contributed by atoms with Gasteiger partial charge in [0.1, 0.15) is 5.56 Å². The second-order valence-corrected chi connectivity index (χ2v) is 6.50. The number of anilines is 1. The highest BCUT2D eigenvalue weighted by atomic mass is 16.6. The molecule has 2 aromatic carbocycles. The van der Waals surface area contributed by atoms with Crippen molar-refractivity contribution in [2.75, 3.05) is 11.9 Å². The summed E-state index contributed by atoms with van der Waals surface area (Å²) < 4.78 is 6.61. The average Bonchev–Trinajstić information content (AvgIpc) is 3.14. The zero-order valence-corrected chi connectivity index (χ0v) is 16.9. The van der Waals surface area contributed by atoms with Gasteiger partial charge < -0.3 is 10.1 Å². The normalized spacial score (nSPS) is 10.8. The van der Waals surface area contributed by atoms with Crippen LogP contribution in [0.5, 0.6) is 0 Å². The highest BCUT2D eigenvalue weighted by molar-refractivity contribution is 6.02. The molecule has 158 valence electrons. The van der Waals surface area contributed by atoms with Crippen LogP contribution in [-0.4, -0.2) is 33.2 Å². The van der Waals surface area contributed by atoms with E-state index in [0.717, 1.165) is 0 Å². The summed E-state index contributed by atoms with van der Waals surface area (Å²) in [7, 11) is 0. The van der Waals surface area contributed by atoms with Crippen LogP contribution in [0.3, 0.4) is 0 Å². The first-order valence-corrected chi connectivity index (χ1v) is 9.44. The van der Waals surface area contributed by atoms with E-state index < -0.39 is 16.8 Å². The summed E-state index contributed by atoms with van der Waals surface area (Å²) in [6, 6.07) is 13.0. The molecule has 0 fully saturated rings. The van der Waals surface area contributed by atoms with E-state index in [1.54, 1.807) is 54.9 Å². The summed E-state index contributed by atoms with van der Waals surface area (Å²) >= 11 is 0. The van der Waals surface area contributed by atoms with Gasteiger partial charge in [-0.3, -0.25) is 14.9 Å². The van der Waals surface area contributed by atoms with Gasteiger partial charge in [0.2, 0.25) is 5.91 Å². The van der Waals surface area contributed by atoms with Gasteiger partial charge >= 0.3 is 5.97 Å². The van der Waals surface area contributed by atoms with Crippen LogP contribution < -0.4 is 5.32 Å². The number of amides is 1. The summed E-state index contributed by atoms with van der Waals surface area (Å²) in [5, 5.41) is 17.8. The molecule has 0 aliphatic heterocycles. The third-order valence-corrected chi connectivity index (χ3v) is 4.37. The number of ether oxygens (including phenoxy) is 1. The number of nitro benzene ring substituents is 1. The minimum absolute atomic E-state index is 0.0490. The molecule has 1 heterocycles. The molecule has 3 aromatic rings. The molecular weight excluding hydrogens is 400 g/mol. The summed E-state index contributed by atoms with van der Waals surface area (Å²) in [4.78, 5) is 34.6. The molecule has 31 heavy (non-hydrogen) atoms. The number of nitro groups is 1. The number of carbonyl (C=O) groups is 2. The van der Waals surface area contributed by atoms with Gasteiger partial charge in [-0.15, -0.1) is 0 Å². The van der Waals surface area contributed by atoms with Gasteiger partial charge in [0, 0.05) is 23.9 Å². The van der Waals surface area contributed by atoms with Gasteiger partial charge in [0.05, 0.1) is 29.1 Å². The molecule has 9 nitrogen and oxygen atoms in total. The van der Waals surface area contributed by atoms with E-state index in [2.05, 4.69) is 10.4 Å². The first-order chi connectivity index (χ1) is 14.9. The zero-order valence-electron chi connectivity index (χ0n) is 16.9. The standard InChI is InChI=1S/C22H20N4O5/c1-3-31-22(28)20-14-23-25(15(20)2)18-8-5-7-17(13-18)24-21(27)11-10-16-6-4-9-19(12-16)26(29)30/h4-14H,3H2,1-2H3,(H,24,27)/b11-10+. The highest BCUT2D eigenvalue weighted by Crippen LogP contribution is 2.19. The monoisotopic (exact) mass is 420 g/mol. The van der Waals surface area contributed by atoms with Crippen molar-refractivity contribution in [3.05, 3.63) is 87.7 Å². The molecule has 0 unspecified atom stereocenters. The van der Waals surface area contributed by atoms with Crippen molar-refractivity contribution in [3.63, 3.8) is 0 Å². The molecule has 0 atom stereocenters. The van der Waals surface area contributed by atoms with Gasteiger partial charge in [-0.1, -0.05) is 18.2 Å². The maximum absolute atomic E-state index is 12.3. The Labute approximate surface area is 178 Å². The number of aromatic nitrogens is 2. The lowest BCUT2D eigenvalue weighted by molar-refractivity contribution is -0.384. The second-order valence-electron chi connectivity index (χ2n) is 6.50. The van der Waals surface area contributed by atoms with Crippen LogP contribution in [0, 0.1) is 17.0 Å². The minimum Gasteiger partial charge on any atom is -0.462 e. The van der Waals surface area contributed by atoms with Crippen molar-refractivity contribution >= 4 is 29.3 Å². The molecule has 0 spiro atoms. The van der Waals surface area contributed by atoms with Crippen LogP contribution in [0.2, 0.25) is 0 Å². The quantitative estimate of drug-likeness (QED) is 0.268. The SMILES string of the molecule is CCOC(=O)c1cnn(-c2cccc(NC(=O)/C=C/c3cccc([N+](=O)[O-])c3)c2)c1C. The molecular formula is C22H20N4O5. The summed E-state index contributed by atoms with van der Waals surface area (Å²) in [6.45, 7) is 3.76. The first kappa shape index (κ1) is 21.4. The van der Waals surface area contributed by atoms with Crippen molar-refractivity contribution in [2.45, 2.75) is 13.8 Å². The molecule has 0 saturated carbocycles. The Bertz CT molecular complexity index is 1170. The van der Waals surface area contributed by atoms with Gasteiger partial charge in [0.15, 0.2) is 0 Å². The van der Waals surface area contributed by atoms with Crippen LogP contribution in [0.25, 0.3) is 11.8 Å². The van der Waals surface area contributed by atoms with E-state index in [1.807, 2.05) is 0 Å². The lowest BCUT2D eigenvalue weighted by Crippen LogP contribution is -2.09. The van der Waals surface area contributed by atoms with Gasteiger partial charge in [0.25, 0.3) is 5.69 Å². The fraction of sp³-hybridized carbons (Fsp3) is 0.136. The summed E-state index contributed by atoms with van der Waals surface area (Å²) in [5.41, 5.74) is 2.67. The maximum atomic E-state index is 12.3. The van der Waals surface area contributed by atoms with E-state index in [1.165, 1.54) is 30.5 Å². The lowest BCUT2D eigenvalue weighted by Gasteiger charge is -2.08. The van der Waals surface area contributed by atoms with Crippen molar-refractivity contribution in [3.8, 4) is 5.69 Å². The number of benzene rings is 2. The third-order valence-electron chi connectivity index (χ3n) is 4.37. The fourth-order valence-electron chi connectivity index (χ4n) is 2.89. The Hall–Kier alpha value is -4.27. The van der Waals surface area contributed by atoms with Gasteiger partial charge in [-0.25, -0.2) is 9.48 Å². The Balaban J connectivity index is 1.74. The van der Waals surface area contributed by atoms with Gasteiger partial charge in [-0.2, -0.15) is 5.10 Å². The number of esters is 1. The molecule has 1 amide bonds. The number of carbonyl (C=O) groups excluding carboxylic acids is 2. The van der Waals surface area contributed by atoms with E-state index in [9.17, 15) is 19.7 Å². The molecule has 1 N–H and O–H groups in total. The highest BCUT2D eigenvalue weighted by Gasteiger charge is 2.16. The Morgan fingerprint density at radius 3 is 2.74 bits per heavy atom. The van der Waals surface area contributed by atoms with E-state index >= 15 is 0 Å². The fourth-order valence-corrected chi connectivity index (χ4v) is 2.89. The molecule has 0 bridgehead atoms. The first-order valence-electron chi connectivity index (χ1n) is 9.44. The summed E-state index contributed by atoms with van der Waals surface area (Å²) in [6.07, 6.45) is 4.24. The molecule has 0 radical (unpaired) electrons. The number of non-ortho nitro benzene ring substituents is 1. The lowest BCUT2D eigenvalue weighted by atomic mass is 10.2. The minimum atomic E-state index is -0.493. The molecule has 0 aliphatic rings. The predicted octanol–water partition coefficient (Wildman–Crippen LogP) is 3.92. The number of rotatable bonds is 7. The zero-order chi connectivity index (χ0) is 22.4. The van der Waals surface area contributed by atoms with Crippen LogP contribution in [-0.2, 0) is 9.53 Å². The van der Waals surface area contributed by atoms with Crippen molar-refractivity contribution in [1.82, 2.24) is 9.78 Å². The van der Waals surface area contributed by atoms with Crippen molar-refractivity contribution in [1.29, 1.82) is 0 Å². The maximum Gasteiger partial charge on any atom is 0.341 e. The molecule has 0 saturated heterocycles. The van der Waals surface area contributed by atoms with Gasteiger partial charge in [-0.05, 0) is 43.7 Å². The van der Waals surface area contributed by atoms with E-state index in [-0.39, 0.29) is 12.3 Å². The number of hydrogen-bond donors (Lipinski definition) is 1. The third kappa shape index (κ3) is 5.21. The van der Waals surface area contributed by atoms with Crippen LogP contribution >= 0.6 is 0 Å². The number of nitrogens with one attached hydrogen (secondary N) is 1. The number of nitrogens with zero attached hydrogens (tertiary/aromatic N) is 3. The largest absolute Gasteiger partial charge is 0.462 e. The number of hydrogen-bond acceptors (Lipinski definition) is 6. The smallest absolute Gasteiger partial charge is 0.341 e. The molecule has 3 rings (SSSR count). The van der Waals surface area contributed by atoms with Crippen LogP contribution in [0.4, 0.5) is 11.4 Å². The van der Waals surface area contributed by atoms with Crippen molar-refractivity contribution in [2.24, 2.45) is 0 Å². The Morgan fingerprint density at radius 2 is 2.00 bits per heavy atom. The Kier molecular flexibility index (Phi) is 6.56. The van der Waals surface area contributed by atoms with Crippen molar-refractivity contribution < 1.29 is 19.2 Å². The van der Waals surface area contributed by atoms with Crippen LogP contribution in [0.15, 0.2) is 60.8 Å². The second kappa shape index (κ2) is 9.49. The predicted molar refractivity (Wildman–Crippen MR) is 115 cm³/mol. The van der Waals surface area contributed by atoms with E-state index in [0.29, 0.717) is 28.2 Å². The molecule has 1 aromatic heterocycles. The molecule has 0 aliphatic carbocycles. The molecule has 9 heteroatoms. The van der Waals surface area contributed by atoms with E-state index in [4.69, 9.17) is 4.74 Å². The summed E-state index contributed by atoms with van der Waals surface area (Å²) in [5.74, 6) is -0.838. The van der Waals surface area contributed by atoms with Crippen LogP contribution in [0.1, 0.15) is 28.5 Å². The Morgan fingerprint density at radius 1 is 1.23 bits per heavy atom. The topological polar surface area (TPSA) is 116 Å².